The maximum atomic E-state index is 11.3. The number of hydroxylamine groups is 1. The summed E-state index contributed by atoms with van der Waals surface area (Å²) in [5, 5.41) is 9.28. The van der Waals surface area contributed by atoms with E-state index in [1.54, 1.807) is 0 Å². The Morgan fingerprint density at radius 1 is 1.26 bits per heavy atom. The minimum Gasteiger partial charge on any atom is -0.480 e. The molecule has 1 atom stereocenters. The second kappa shape index (κ2) is 7.26. The first-order valence-electron chi connectivity index (χ1n) is 6.91. The van der Waals surface area contributed by atoms with E-state index < -0.39 is 12.0 Å². The Morgan fingerprint density at radius 3 is 2.58 bits per heavy atom. The lowest BCUT2D eigenvalue weighted by Crippen LogP contribution is -2.43. The summed E-state index contributed by atoms with van der Waals surface area (Å²) in [7, 11) is 0. The molecule has 1 aliphatic carbocycles. The van der Waals surface area contributed by atoms with Gasteiger partial charge < -0.3 is 5.11 Å². The van der Waals surface area contributed by atoms with Crippen molar-refractivity contribution in [2.24, 2.45) is 5.92 Å². The van der Waals surface area contributed by atoms with E-state index in [0.717, 1.165) is 31.2 Å². The largest absolute Gasteiger partial charge is 0.480 e. The number of rotatable bonds is 6. The van der Waals surface area contributed by atoms with Gasteiger partial charge >= 0.3 is 5.97 Å². The third-order valence-corrected chi connectivity index (χ3v) is 3.68. The molecule has 1 aromatic rings. The molecule has 1 aromatic carbocycles. The van der Waals surface area contributed by atoms with Crippen LogP contribution in [0.5, 0.6) is 0 Å². The minimum absolute atomic E-state index is 0.182. The molecule has 0 spiro atoms. The van der Waals surface area contributed by atoms with Gasteiger partial charge in [-0.15, -0.1) is 0 Å². The maximum Gasteiger partial charge on any atom is 0.323 e. The zero-order valence-electron chi connectivity index (χ0n) is 11.0. The number of carboxylic acids is 1. The van der Waals surface area contributed by atoms with Gasteiger partial charge in [-0.05, 0) is 24.3 Å². The third kappa shape index (κ3) is 4.33. The van der Waals surface area contributed by atoms with Gasteiger partial charge in [0.1, 0.15) is 6.04 Å². The highest BCUT2D eigenvalue weighted by atomic mass is 16.6. The first-order chi connectivity index (χ1) is 9.27. The summed E-state index contributed by atoms with van der Waals surface area (Å²) in [6.45, 7) is 0.386. The Balaban J connectivity index is 1.82. The van der Waals surface area contributed by atoms with Gasteiger partial charge in [0.2, 0.25) is 0 Å². The summed E-state index contributed by atoms with van der Waals surface area (Å²) in [4.78, 5) is 16.7. The molecule has 1 fully saturated rings. The molecule has 2 rings (SSSR count). The van der Waals surface area contributed by atoms with Crippen molar-refractivity contribution >= 4 is 5.97 Å². The Hall–Kier alpha value is -1.39. The molecule has 0 bridgehead atoms. The van der Waals surface area contributed by atoms with E-state index in [-0.39, 0.29) is 5.92 Å². The van der Waals surface area contributed by atoms with Gasteiger partial charge in [0.15, 0.2) is 0 Å². The van der Waals surface area contributed by atoms with Gasteiger partial charge in [0.05, 0.1) is 6.61 Å². The molecule has 0 heterocycles. The first-order valence-corrected chi connectivity index (χ1v) is 6.91. The van der Waals surface area contributed by atoms with Crippen LogP contribution in [0.4, 0.5) is 0 Å². The predicted molar refractivity (Wildman–Crippen MR) is 72.4 cm³/mol. The van der Waals surface area contributed by atoms with E-state index in [9.17, 15) is 9.90 Å². The molecule has 0 aromatic heterocycles. The van der Waals surface area contributed by atoms with Crippen LogP contribution in [0.3, 0.4) is 0 Å². The quantitative estimate of drug-likeness (QED) is 0.775. The van der Waals surface area contributed by atoms with E-state index in [4.69, 9.17) is 4.84 Å². The van der Waals surface area contributed by atoms with Crippen molar-refractivity contribution in [3.8, 4) is 0 Å². The molecule has 0 radical (unpaired) electrons. The zero-order chi connectivity index (χ0) is 13.5. The van der Waals surface area contributed by atoms with Crippen LogP contribution >= 0.6 is 0 Å². The van der Waals surface area contributed by atoms with Gasteiger partial charge in [-0.3, -0.25) is 9.63 Å². The molecular formula is C15H21NO3. The summed E-state index contributed by atoms with van der Waals surface area (Å²) >= 11 is 0. The fraction of sp³-hybridized carbons (Fsp3) is 0.533. The highest BCUT2D eigenvalue weighted by molar-refractivity contribution is 5.73. The number of hydrogen-bond donors (Lipinski definition) is 2. The number of benzene rings is 1. The highest BCUT2D eigenvalue weighted by Gasteiger charge is 2.29. The first kappa shape index (κ1) is 14.0. The van der Waals surface area contributed by atoms with Crippen LogP contribution in [0.25, 0.3) is 0 Å². The Labute approximate surface area is 113 Å². The number of carboxylic acid groups (broad SMARTS) is 1. The molecule has 0 aliphatic heterocycles. The zero-order valence-corrected chi connectivity index (χ0v) is 11.0. The second-order valence-corrected chi connectivity index (χ2v) is 5.11. The molecule has 4 nitrogen and oxygen atoms in total. The summed E-state index contributed by atoms with van der Waals surface area (Å²) in [5.74, 6) is -0.637. The SMILES string of the molecule is O=C(O)C(NOCc1ccccc1)C1CCCCC1. The van der Waals surface area contributed by atoms with E-state index in [1.165, 1.54) is 6.42 Å². The van der Waals surface area contributed by atoms with Crippen molar-refractivity contribution in [3.63, 3.8) is 0 Å². The van der Waals surface area contributed by atoms with Crippen molar-refractivity contribution in [3.05, 3.63) is 35.9 Å². The van der Waals surface area contributed by atoms with E-state index in [0.29, 0.717) is 6.61 Å². The monoisotopic (exact) mass is 263 g/mol. The fourth-order valence-corrected chi connectivity index (χ4v) is 2.60. The molecule has 2 N–H and O–H groups in total. The van der Waals surface area contributed by atoms with Crippen molar-refractivity contribution in [2.75, 3.05) is 0 Å². The molecule has 4 heteroatoms. The molecule has 1 unspecified atom stereocenters. The topological polar surface area (TPSA) is 58.6 Å². The molecule has 1 aliphatic rings. The Bertz CT molecular complexity index is 388. The summed E-state index contributed by atoms with van der Waals surface area (Å²) in [5.41, 5.74) is 3.77. The molecular weight excluding hydrogens is 242 g/mol. The van der Waals surface area contributed by atoms with Gasteiger partial charge in [0, 0.05) is 0 Å². The van der Waals surface area contributed by atoms with Crippen LogP contribution in [0.1, 0.15) is 37.7 Å². The molecule has 19 heavy (non-hydrogen) atoms. The summed E-state index contributed by atoms with van der Waals surface area (Å²) < 4.78 is 0. The van der Waals surface area contributed by atoms with Gasteiger partial charge in [-0.25, -0.2) is 0 Å². The van der Waals surface area contributed by atoms with Crippen molar-refractivity contribution in [1.82, 2.24) is 5.48 Å². The lowest BCUT2D eigenvalue weighted by molar-refractivity contribution is -0.147. The van der Waals surface area contributed by atoms with E-state index >= 15 is 0 Å². The van der Waals surface area contributed by atoms with Crippen LogP contribution in [0, 0.1) is 5.92 Å². The normalized spacial score (nSPS) is 18.1. The van der Waals surface area contributed by atoms with Crippen molar-refractivity contribution in [2.45, 2.75) is 44.8 Å². The average Bonchev–Trinajstić information content (AvgIpc) is 2.45. The standard InChI is InChI=1S/C15H21NO3/c17-15(18)14(13-9-5-2-6-10-13)16-19-11-12-7-3-1-4-8-12/h1,3-4,7-8,13-14,16H,2,5-6,9-11H2,(H,17,18). The summed E-state index contributed by atoms with van der Waals surface area (Å²) in [6.07, 6.45) is 5.40. The third-order valence-electron chi connectivity index (χ3n) is 3.68. The van der Waals surface area contributed by atoms with Gasteiger partial charge in [0.25, 0.3) is 0 Å². The maximum absolute atomic E-state index is 11.3. The highest BCUT2D eigenvalue weighted by Crippen LogP contribution is 2.26. The molecule has 0 saturated heterocycles. The van der Waals surface area contributed by atoms with Crippen LogP contribution in [0.15, 0.2) is 30.3 Å². The molecule has 0 amide bonds. The van der Waals surface area contributed by atoms with E-state index in [1.807, 2.05) is 30.3 Å². The van der Waals surface area contributed by atoms with Crippen LogP contribution in [0.2, 0.25) is 0 Å². The van der Waals surface area contributed by atoms with Crippen molar-refractivity contribution < 1.29 is 14.7 Å². The van der Waals surface area contributed by atoms with E-state index in [2.05, 4.69) is 5.48 Å². The molecule has 104 valence electrons. The summed E-state index contributed by atoms with van der Waals surface area (Å²) in [6, 6.07) is 9.14. The van der Waals surface area contributed by atoms with Crippen LogP contribution < -0.4 is 5.48 Å². The van der Waals surface area contributed by atoms with Gasteiger partial charge in [-0.1, -0.05) is 49.6 Å². The van der Waals surface area contributed by atoms with Crippen LogP contribution in [-0.4, -0.2) is 17.1 Å². The Morgan fingerprint density at radius 2 is 1.95 bits per heavy atom. The number of nitrogens with one attached hydrogen (secondary N) is 1. The lowest BCUT2D eigenvalue weighted by atomic mass is 9.84. The average molecular weight is 263 g/mol. The fourth-order valence-electron chi connectivity index (χ4n) is 2.60. The smallest absolute Gasteiger partial charge is 0.323 e. The predicted octanol–water partition coefficient (Wildman–Crippen LogP) is 2.74. The number of aliphatic carboxylic acids is 1. The Kier molecular flexibility index (Phi) is 5.36. The lowest BCUT2D eigenvalue weighted by Gasteiger charge is -2.27. The number of hydrogen-bond acceptors (Lipinski definition) is 3. The van der Waals surface area contributed by atoms with Gasteiger partial charge in [-0.2, -0.15) is 5.48 Å². The van der Waals surface area contributed by atoms with Crippen LogP contribution in [-0.2, 0) is 16.2 Å². The minimum atomic E-state index is -0.819. The molecule has 1 saturated carbocycles. The van der Waals surface area contributed by atoms with Crippen molar-refractivity contribution in [1.29, 1.82) is 0 Å². The second-order valence-electron chi connectivity index (χ2n) is 5.11. The number of carbonyl (C=O) groups is 1.